The zero-order chi connectivity index (χ0) is 47.2. The number of aliphatic hydroxyl groups is 8. The highest BCUT2D eigenvalue weighted by Gasteiger charge is 2.49. The summed E-state index contributed by atoms with van der Waals surface area (Å²) < 4.78 is 53.0. The van der Waals surface area contributed by atoms with Crippen LogP contribution in [0.4, 0.5) is 0 Å². The van der Waals surface area contributed by atoms with E-state index in [2.05, 4.69) is 4.74 Å². The number of hydrogen-bond donors (Lipinski definition) is 8. The van der Waals surface area contributed by atoms with Crippen LogP contribution in [0.5, 0.6) is 5.75 Å². The van der Waals surface area contributed by atoms with E-state index in [1.807, 2.05) is 0 Å². The van der Waals surface area contributed by atoms with Gasteiger partial charge in [0.15, 0.2) is 18.9 Å². The number of carbonyl (C=O) groups excluding carboxylic acids is 4. The van der Waals surface area contributed by atoms with E-state index >= 15 is 0 Å². The average molecular weight is 915 g/mol. The molecule has 0 amide bonds. The lowest BCUT2D eigenvalue weighted by Gasteiger charge is -2.43. The van der Waals surface area contributed by atoms with E-state index in [4.69, 9.17) is 42.6 Å². The van der Waals surface area contributed by atoms with Crippen molar-refractivity contribution < 1.29 is 107 Å². The smallest absolute Gasteiger partial charge is 0.337 e. The van der Waals surface area contributed by atoms with Crippen molar-refractivity contribution in [2.45, 2.75) is 114 Å². The molecule has 22 nitrogen and oxygen atoms in total. The maximum absolute atomic E-state index is 12.9. The number of allylic oxidation sites excluding steroid dienone is 2. The Morgan fingerprint density at radius 1 is 0.766 bits per heavy atom. The van der Waals surface area contributed by atoms with Crippen LogP contribution in [-0.2, 0) is 68.2 Å². The molecule has 4 heterocycles. The summed E-state index contributed by atoms with van der Waals surface area (Å²) in [7, 11) is 2.47. The number of benzene rings is 1. The summed E-state index contributed by atoms with van der Waals surface area (Å²) in [5, 5.41) is 78.6. The summed E-state index contributed by atoms with van der Waals surface area (Å²) >= 11 is 0. The monoisotopic (exact) mass is 914 g/mol. The Bertz CT molecular complexity index is 1790. The number of esters is 4. The van der Waals surface area contributed by atoms with Crippen LogP contribution in [0.1, 0.15) is 39.2 Å². The molecular formula is C42H58O22. The van der Waals surface area contributed by atoms with Gasteiger partial charge in [-0.3, -0.25) is 14.4 Å². The number of ether oxygens (including phenoxy) is 10. The summed E-state index contributed by atoms with van der Waals surface area (Å²) in [6.07, 6.45) is -11.7. The van der Waals surface area contributed by atoms with Gasteiger partial charge in [0.25, 0.3) is 0 Å². The molecule has 0 saturated carbocycles. The van der Waals surface area contributed by atoms with Gasteiger partial charge in [0.2, 0.25) is 6.29 Å². The van der Waals surface area contributed by atoms with Crippen molar-refractivity contribution in [3.63, 3.8) is 0 Å². The zero-order valence-electron chi connectivity index (χ0n) is 35.9. The molecule has 64 heavy (non-hydrogen) atoms. The number of methoxy groups -OCH3 is 2. The summed E-state index contributed by atoms with van der Waals surface area (Å²) in [6.45, 7) is 3.54. The fourth-order valence-corrected chi connectivity index (χ4v) is 7.10. The van der Waals surface area contributed by atoms with Crippen molar-refractivity contribution in [3.05, 3.63) is 65.0 Å². The van der Waals surface area contributed by atoms with E-state index < -0.39 is 117 Å². The minimum Gasteiger partial charge on any atom is -0.469 e. The molecule has 14 atom stereocenters. The van der Waals surface area contributed by atoms with Gasteiger partial charge >= 0.3 is 23.9 Å². The number of rotatable bonds is 14. The van der Waals surface area contributed by atoms with Gasteiger partial charge in [0.05, 0.1) is 64.8 Å². The largest absolute Gasteiger partial charge is 0.469 e. The summed E-state index contributed by atoms with van der Waals surface area (Å²) in [5.74, 6) is -3.51. The van der Waals surface area contributed by atoms with Crippen molar-refractivity contribution in [3.8, 4) is 5.75 Å². The molecule has 5 rings (SSSR count). The van der Waals surface area contributed by atoms with Gasteiger partial charge in [-0.15, -0.1) is 0 Å². The first-order chi connectivity index (χ1) is 30.5. The second-order valence-electron chi connectivity index (χ2n) is 14.9. The van der Waals surface area contributed by atoms with Crippen LogP contribution in [0.25, 0.3) is 0 Å². The highest BCUT2D eigenvalue weighted by molar-refractivity contribution is 5.88. The fourth-order valence-electron chi connectivity index (χ4n) is 7.10. The standard InChI is InChI=1S/C27H36O13.C15H22O9/c1-4-17-18(11-21(30)38-16-7-5-15(6-8-16)9-10-36-14(2)29)19(25(34)35-3)13-37-26(17)40-27-24(33)23(32)22(31)20(12-28)39-27;1-3-7-4-8(13(20)21-2)6-22-14(7)24-15-12(19)11(18)10(17)9(5-16)23-15/h4-8,18-20,22-24,26-28,31-33H,9-13H2,1-3H3;3,6,9-12,14-19H,4-5H2,1-2H3/b17-4-;7-3-. The molecule has 14 unspecified atom stereocenters. The molecule has 3 saturated heterocycles. The van der Waals surface area contributed by atoms with Gasteiger partial charge in [-0.05, 0) is 42.7 Å². The molecule has 1 aromatic rings. The van der Waals surface area contributed by atoms with Crippen LogP contribution in [0.2, 0.25) is 0 Å². The lowest BCUT2D eigenvalue weighted by Crippen LogP contribution is -2.60. The number of carbonyl (C=O) groups is 4. The lowest BCUT2D eigenvalue weighted by molar-refractivity contribution is -0.335. The maximum atomic E-state index is 12.9. The van der Waals surface area contributed by atoms with Gasteiger partial charge in [-0.2, -0.15) is 0 Å². The molecule has 0 aliphatic carbocycles. The van der Waals surface area contributed by atoms with Crippen molar-refractivity contribution in [2.75, 3.05) is 40.6 Å². The van der Waals surface area contributed by atoms with Gasteiger partial charge in [0.1, 0.15) is 54.6 Å². The molecule has 4 aliphatic rings. The van der Waals surface area contributed by atoms with Crippen LogP contribution in [-0.4, -0.2) is 179 Å². The third kappa shape index (κ3) is 13.3. The second kappa shape index (κ2) is 24.8. The first kappa shape index (κ1) is 52.2. The molecule has 8 N–H and O–H groups in total. The van der Waals surface area contributed by atoms with E-state index in [1.54, 1.807) is 50.3 Å². The SMILES string of the molecule is C/C=C1/CC(C(=O)OC)=COC1OC1OC(CO)C(O)C(O)C1O.C/C=C1\C(OC2OC(CO)C(O)C(O)C2O)OCC(C(=O)OC)C1CC(=O)Oc1ccc(CCOC(C)=O)cc1. The quantitative estimate of drug-likeness (QED) is 0.0440. The Balaban J connectivity index is 0.000000318. The summed E-state index contributed by atoms with van der Waals surface area (Å²) in [5.41, 5.74) is 2.14. The Labute approximate surface area is 368 Å². The molecular weight excluding hydrogens is 856 g/mol. The van der Waals surface area contributed by atoms with Crippen molar-refractivity contribution in [1.29, 1.82) is 0 Å². The Hall–Kier alpha value is -4.40. The van der Waals surface area contributed by atoms with Crippen LogP contribution < -0.4 is 4.74 Å². The molecule has 3 fully saturated rings. The van der Waals surface area contributed by atoms with Crippen molar-refractivity contribution >= 4 is 23.9 Å². The third-order valence-corrected chi connectivity index (χ3v) is 10.8. The van der Waals surface area contributed by atoms with Crippen LogP contribution in [0.3, 0.4) is 0 Å². The lowest BCUT2D eigenvalue weighted by atomic mass is 9.81. The van der Waals surface area contributed by atoms with E-state index in [9.17, 15) is 60.0 Å². The van der Waals surface area contributed by atoms with Crippen LogP contribution >= 0.6 is 0 Å². The minimum atomic E-state index is -1.67. The van der Waals surface area contributed by atoms with E-state index in [0.717, 1.165) is 5.56 Å². The van der Waals surface area contributed by atoms with Gasteiger partial charge in [0, 0.05) is 25.7 Å². The highest BCUT2D eigenvalue weighted by atomic mass is 16.8. The Kier molecular flexibility index (Phi) is 20.2. The Morgan fingerprint density at radius 2 is 1.34 bits per heavy atom. The first-order valence-corrected chi connectivity index (χ1v) is 20.3. The van der Waals surface area contributed by atoms with Crippen molar-refractivity contribution in [1.82, 2.24) is 0 Å². The third-order valence-electron chi connectivity index (χ3n) is 10.8. The van der Waals surface area contributed by atoms with Crippen LogP contribution in [0.15, 0.2) is 59.4 Å². The van der Waals surface area contributed by atoms with Gasteiger partial charge in [-0.1, -0.05) is 24.3 Å². The molecule has 0 spiro atoms. The van der Waals surface area contributed by atoms with Gasteiger partial charge in [-0.25, -0.2) is 4.79 Å². The minimum absolute atomic E-state index is 0.193. The zero-order valence-corrected chi connectivity index (χ0v) is 35.9. The number of hydrogen-bond acceptors (Lipinski definition) is 22. The Morgan fingerprint density at radius 3 is 1.84 bits per heavy atom. The van der Waals surface area contributed by atoms with Crippen molar-refractivity contribution in [2.24, 2.45) is 11.8 Å². The predicted molar refractivity (Wildman–Crippen MR) is 213 cm³/mol. The second-order valence-corrected chi connectivity index (χ2v) is 14.9. The molecule has 0 aromatic heterocycles. The predicted octanol–water partition coefficient (Wildman–Crippen LogP) is -1.84. The highest BCUT2D eigenvalue weighted by Crippen LogP contribution is 2.37. The summed E-state index contributed by atoms with van der Waals surface area (Å²) in [4.78, 5) is 48.0. The topological polar surface area (TPSA) is 322 Å². The fraction of sp³-hybridized carbons (Fsp3) is 0.619. The molecule has 22 heteroatoms. The average Bonchev–Trinajstić information content (AvgIpc) is 3.29. The summed E-state index contributed by atoms with van der Waals surface area (Å²) in [6, 6.07) is 6.67. The van der Waals surface area contributed by atoms with E-state index in [1.165, 1.54) is 27.4 Å². The normalized spacial score (nSPS) is 34.0. The molecule has 4 aliphatic heterocycles. The van der Waals surface area contributed by atoms with Gasteiger partial charge < -0.3 is 88.2 Å². The first-order valence-electron chi connectivity index (χ1n) is 20.3. The molecule has 0 bridgehead atoms. The molecule has 358 valence electrons. The molecule has 1 aromatic carbocycles. The maximum Gasteiger partial charge on any atom is 0.337 e. The molecule has 0 radical (unpaired) electrons. The van der Waals surface area contributed by atoms with Crippen LogP contribution in [0, 0.1) is 11.8 Å². The number of aliphatic hydroxyl groups excluding tert-OH is 8. The van der Waals surface area contributed by atoms with E-state index in [0.29, 0.717) is 23.1 Å². The van der Waals surface area contributed by atoms with E-state index in [-0.39, 0.29) is 37.8 Å².